The molecule has 1 aliphatic heterocycles. The summed E-state index contributed by atoms with van der Waals surface area (Å²) in [5, 5.41) is 11.8. The molecule has 1 aromatic heterocycles. The lowest BCUT2D eigenvalue weighted by Gasteiger charge is -2.40. The zero-order valence-corrected chi connectivity index (χ0v) is 33.3. The van der Waals surface area contributed by atoms with Crippen molar-refractivity contribution in [3.05, 3.63) is 162 Å². The first-order valence-corrected chi connectivity index (χ1v) is 20.3. The second kappa shape index (κ2) is 21.2. The maximum absolute atomic E-state index is 16.0. The molecule has 2 atom stereocenters. The van der Waals surface area contributed by atoms with Crippen molar-refractivity contribution in [1.29, 1.82) is 5.26 Å². The Bertz CT molecular complexity index is 2230. The molecule has 59 heavy (non-hydrogen) atoms. The molecule has 0 saturated carbocycles. The molecule has 310 valence electrons. The van der Waals surface area contributed by atoms with E-state index in [0.717, 1.165) is 24.3 Å². The first kappa shape index (κ1) is 44.9. The minimum Gasteiger partial charge on any atom is -0.447 e. The molecule has 0 spiro atoms. The van der Waals surface area contributed by atoms with Gasteiger partial charge in [-0.25, -0.2) is 36.6 Å². The van der Waals surface area contributed by atoms with Gasteiger partial charge in [0.15, 0.2) is 11.9 Å². The van der Waals surface area contributed by atoms with E-state index in [1.807, 2.05) is 6.07 Å². The standard InChI is InChI=1S/C41H39F4N4O8PS/c1-4-17-54-58(51,55-18-5-2)56-24-34-33(10-8-11-36(34)43)40(50)57-41(25-49-27-47-26-48-49,35-16-15-31(42)20-38(35)45)28(3)59-32-22-52-39(53-23-32)12-7-6-9-30-14-13-29(21-46)19-37(30)44/h4-16,19-20,26-28,32,39H,1-2,17-18,22-25H2,3H3/t28-,32-,39-,41-/m1/s1. The fourth-order valence-electron chi connectivity index (χ4n) is 5.79. The number of halogens is 4. The fraction of sp³-hybridized carbons (Fsp3) is 0.268. The zero-order chi connectivity index (χ0) is 42.4. The first-order valence-electron chi connectivity index (χ1n) is 17.9. The van der Waals surface area contributed by atoms with Crippen LogP contribution in [0.15, 0.2) is 111 Å². The van der Waals surface area contributed by atoms with Crippen molar-refractivity contribution in [3.63, 3.8) is 0 Å². The third kappa shape index (κ3) is 12.0. The number of nitrogens with zero attached hydrogens (tertiary/aromatic N) is 4. The molecular weight excluding hydrogens is 816 g/mol. The number of carbonyl (C=O) groups is 1. The van der Waals surface area contributed by atoms with E-state index in [1.54, 1.807) is 25.2 Å². The molecule has 1 fully saturated rings. The summed E-state index contributed by atoms with van der Waals surface area (Å²) in [5.74, 6) is -4.53. The number of hydrogen-bond acceptors (Lipinski definition) is 12. The van der Waals surface area contributed by atoms with Gasteiger partial charge in [0, 0.05) is 28.0 Å². The van der Waals surface area contributed by atoms with Gasteiger partial charge in [-0.05, 0) is 49.4 Å². The van der Waals surface area contributed by atoms with Gasteiger partial charge < -0.3 is 14.2 Å². The number of benzene rings is 3. The monoisotopic (exact) mass is 854 g/mol. The SMILES string of the molecule is C=CCOP(=O)(OCC=C)OCc1c(F)cccc1C(=O)O[C@@](Cn1cncn1)(c1ccc(F)cc1F)[C@@H](C)S[C@H]1CO[C@H](C=CC=Cc2ccc(C#N)cc2F)OC1. The van der Waals surface area contributed by atoms with Crippen LogP contribution in [0, 0.1) is 34.6 Å². The van der Waals surface area contributed by atoms with Crippen molar-refractivity contribution in [3.8, 4) is 6.07 Å². The van der Waals surface area contributed by atoms with Gasteiger partial charge in [-0.1, -0.05) is 42.5 Å². The average Bonchev–Trinajstić information content (AvgIpc) is 3.74. The van der Waals surface area contributed by atoms with E-state index in [0.29, 0.717) is 6.07 Å². The minimum atomic E-state index is -4.32. The van der Waals surface area contributed by atoms with Gasteiger partial charge in [0.05, 0.1) is 62.0 Å². The number of nitriles is 1. The summed E-state index contributed by atoms with van der Waals surface area (Å²) in [6.45, 7) is 7.34. The summed E-state index contributed by atoms with van der Waals surface area (Å²) in [5.41, 5.74) is -2.44. The smallest absolute Gasteiger partial charge is 0.447 e. The van der Waals surface area contributed by atoms with E-state index in [1.165, 1.54) is 71.6 Å². The molecule has 18 heteroatoms. The third-order valence-electron chi connectivity index (χ3n) is 8.66. The Hall–Kier alpha value is -5.18. The van der Waals surface area contributed by atoms with Gasteiger partial charge in [0.25, 0.3) is 0 Å². The maximum atomic E-state index is 16.0. The van der Waals surface area contributed by atoms with Crippen molar-refractivity contribution < 1.29 is 54.7 Å². The van der Waals surface area contributed by atoms with E-state index in [2.05, 4.69) is 23.2 Å². The number of rotatable bonds is 20. The van der Waals surface area contributed by atoms with Crippen LogP contribution < -0.4 is 0 Å². The number of thioether (sulfide) groups is 1. The van der Waals surface area contributed by atoms with Crippen LogP contribution >= 0.6 is 19.6 Å². The molecule has 12 nitrogen and oxygen atoms in total. The highest BCUT2D eigenvalue weighted by molar-refractivity contribution is 8.00. The number of phosphoric acid groups is 1. The van der Waals surface area contributed by atoms with Crippen LogP contribution in [0.2, 0.25) is 0 Å². The van der Waals surface area contributed by atoms with Crippen molar-refractivity contribution in [1.82, 2.24) is 14.8 Å². The maximum Gasteiger partial charge on any atom is 0.475 e. The van der Waals surface area contributed by atoms with Crippen LogP contribution in [0.3, 0.4) is 0 Å². The molecule has 0 N–H and O–H groups in total. The number of phosphoric ester groups is 1. The Morgan fingerprint density at radius 1 is 1.03 bits per heavy atom. The summed E-state index contributed by atoms with van der Waals surface area (Å²) < 4.78 is 109. The van der Waals surface area contributed by atoms with Gasteiger partial charge in [0.2, 0.25) is 0 Å². The molecule has 1 aliphatic rings. The second-order valence-electron chi connectivity index (χ2n) is 12.7. The Morgan fingerprint density at radius 3 is 2.42 bits per heavy atom. The van der Waals surface area contributed by atoms with E-state index >= 15 is 8.78 Å². The normalized spacial score (nSPS) is 17.4. The molecule has 0 bridgehead atoms. The van der Waals surface area contributed by atoms with Crippen LogP contribution in [-0.4, -0.2) is 64.0 Å². The molecule has 5 rings (SSSR count). The lowest BCUT2D eigenvalue weighted by molar-refractivity contribution is -0.146. The predicted molar refractivity (Wildman–Crippen MR) is 210 cm³/mol. The van der Waals surface area contributed by atoms with E-state index in [-0.39, 0.29) is 60.8 Å². The van der Waals surface area contributed by atoms with E-state index < -0.39 is 66.1 Å². The Morgan fingerprint density at radius 2 is 1.78 bits per heavy atom. The zero-order valence-electron chi connectivity index (χ0n) is 31.6. The van der Waals surface area contributed by atoms with Crippen LogP contribution in [0.4, 0.5) is 17.6 Å². The lowest BCUT2D eigenvalue weighted by Crippen LogP contribution is -2.47. The lowest BCUT2D eigenvalue weighted by atomic mass is 9.89. The molecule has 0 radical (unpaired) electrons. The number of allylic oxidation sites excluding steroid dienone is 2. The molecule has 3 aromatic carbocycles. The predicted octanol–water partition coefficient (Wildman–Crippen LogP) is 8.62. The first-order chi connectivity index (χ1) is 28.4. The number of esters is 1. The Kier molecular flexibility index (Phi) is 16.1. The molecule has 0 aliphatic carbocycles. The minimum absolute atomic E-state index is 0.129. The van der Waals surface area contributed by atoms with Crippen LogP contribution in [0.5, 0.6) is 0 Å². The molecule has 4 aromatic rings. The molecule has 1 saturated heterocycles. The molecular formula is C41H39F4N4O8PS. The molecule has 0 amide bonds. The highest BCUT2D eigenvalue weighted by Gasteiger charge is 2.47. The van der Waals surface area contributed by atoms with Gasteiger partial charge in [0.1, 0.15) is 35.9 Å². The molecule has 0 unspecified atom stereocenters. The summed E-state index contributed by atoms with van der Waals surface area (Å²) in [6.07, 6.45) is 10.7. The Balaban J connectivity index is 1.40. The topological polar surface area (TPSA) is 144 Å². The number of aromatic nitrogens is 3. The average molecular weight is 855 g/mol. The van der Waals surface area contributed by atoms with Crippen molar-refractivity contribution in [2.75, 3.05) is 26.4 Å². The van der Waals surface area contributed by atoms with Crippen LogP contribution in [0.25, 0.3) is 6.08 Å². The van der Waals surface area contributed by atoms with Gasteiger partial charge in [-0.15, -0.1) is 24.9 Å². The highest BCUT2D eigenvalue weighted by Crippen LogP contribution is 2.50. The summed E-state index contributed by atoms with van der Waals surface area (Å²) in [6, 6.07) is 12.4. The summed E-state index contributed by atoms with van der Waals surface area (Å²) in [4.78, 5) is 18.3. The quantitative estimate of drug-likeness (QED) is 0.0276. The Labute approximate surface area is 342 Å². The number of hydrogen-bond donors (Lipinski definition) is 0. The van der Waals surface area contributed by atoms with Crippen molar-refractivity contribution in [2.24, 2.45) is 0 Å². The van der Waals surface area contributed by atoms with Gasteiger partial charge in [-0.2, -0.15) is 10.4 Å². The fourth-order valence-corrected chi connectivity index (χ4v) is 8.23. The summed E-state index contributed by atoms with van der Waals surface area (Å²) >= 11 is 1.23. The number of carbonyl (C=O) groups excluding carboxylic acids is 1. The highest BCUT2D eigenvalue weighted by atomic mass is 32.2. The second-order valence-corrected chi connectivity index (χ2v) is 16.0. The number of ether oxygens (including phenoxy) is 3. The van der Waals surface area contributed by atoms with Crippen molar-refractivity contribution >= 4 is 31.6 Å². The van der Waals surface area contributed by atoms with Gasteiger partial charge in [-0.3, -0.25) is 13.6 Å². The molecule has 2 heterocycles. The van der Waals surface area contributed by atoms with E-state index in [4.69, 9.17) is 33.0 Å². The summed E-state index contributed by atoms with van der Waals surface area (Å²) in [7, 11) is -4.32. The van der Waals surface area contributed by atoms with Crippen LogP contribution in [-0.2, 0) is 51.1 Å². The van der Waals surface area contributed by atoms with Gasteiger partial charge >= 0.3 is 13.8 Å². The van der Waals surface area contributed by atoms with Crippen molar-refractivity contribution in [2.45, 2.75) is 42.5 Å². The third-order valence-corrected chi connectivity index (χ3v) is 11.5. The van der Waals surface area contributed by atoms with E-state index in [9.17, 15) is 18.1 Å². The van der Waals surface area contributed by atoms with Crippen LogP contribution in [0.1, 0.15) is 39.5 Å². The largest absolute Gasteiger partial charge is 0.475 e.